The van der Waals surface area contributed by atoms with Gasteiger partial charge in [-0.15, -0.1) is 0 Å². The standard InChI is InChI=1S/C22H11N3O/c1-2-6-13-12(5-1)11-15-18-14(7-4-10-23-18)22-24-16-8-3-9-17-20(16)25(22)19(15)21(13)26-17/h1-11H. The Morgan fingerprint density at radius 3 is 2.73 bits per heavy atom. The minimum atomic E-state index is 0.850. The molecule has 0 aliphatic carbocycles. The van der Waals surface area contributed by atoms with Crippen LogP contribution in [0.2, 0.25) is 0 Å². The zero-order chi connectivity index (χ0) is 16.8. The highest BCUT2D eigenvalue weighted by molar-refractivity contribution is 6.22. The molecule has 7 aromatic rings. The summed E-state index contributed by atoms with van der Waals surface area (Å²) >= 11 is 0. The SMILES string of the molecule is c1ccc2c(c1)cc1c3ncccc3c3nc4cccc5oc2c1n3c45. The third-order valence-corrected chi connectivity index (χ3v) is 5.35. The second kappa shape index (κ2) is 4.11. The van der Waals surface area contributed by atoms with Crippen LogP contribution in [0.1, 0.15) is 0 Å². The Bertz CT molecular complexity index is 1630. The first-order valence-electron chi connectivity index (χ1n) is 8.61. The molecule has 0 unspecified atom stereocenters. The lowest BCUT2D eigenvalue weighted by atomic mass is 10.0. The number of rotatable bonds is 0. The summed E-state index contributed by atoms with van der Waals surface area (Å²) in [6.07, 6.45) is 1.84. The number of nitrogens with zero attached hydrogens (tertiary/aromatic N) is 3. The summed E-state index contributed by atoms with van der Waals surface area (Å²) in [5.74, 6) is 0. The maximum atomic E-state index is 6.42. The van der Waals surface area contributed by atoms with Crippen molar-refractivity contribution in [1.82, 2.24) is 14.4 Å². The maximum Gasteiger partial charge on any atom is 0.160 e. The second-order valence-electron chi connectivity index (χ2n) is 6.72. The van der Waals surface area contributed by atoms with Gasteiger partial charge < -0.3 is 4.42 Å². The third-order valence-electron chi connectivity index (χ3n) is 5.35. The van der Waals surface area contributed by atoms with E-state index in [1.165, 1.54) is 0 Å². The van der Waals surface area contributed by atoms with Crippen molar-refractivity contribution in [3.05, 3.63) is 66.9 Å². The van der Waals surface area contributed by atoms with Crippen LogP contribution in [0, 0.1) is 0 Å². The topological polar surface area (TPSA) is 43.3 Å². The minimum Gasteiger partial charge on any atom is -0.452 e. The van der Waals surface area contributed by atoms with E-state index in [2.05, 4.69) is 45.8 Å². The highest BCUT2D eigenvalue weighted by Gasteiger charge is 2.21. The Morgan fingerprint density at radius 2 is 1.73 bits per heavy atom. The number of pyridine rings is 2. The highest BCUT2D eigenvalue weighted by atomic mass is 16.3. The van der Waals surface area contributed by atoms with Gasteiger partial charge in [0.2, 0.25) is 0 Å². The van der Waals surface area contributed by atoms with Gasteiger partial charge >= 0.3 is 0 Å². The molecule has 26 heavy (non-hydrogen) atoms. The van der Waals surface area contributed by atoms with E-state index in [1.54, 1.807) is 0 Å². The molecule has 120 valence electrons. The molecule has 0 aliphatic rings. The fourth-order valence-corrected chi connectivity index (χ4v) is 4.30. The van der Waals surface area contributed by atoms with Crippen molar-refractivity contribution in [2.45, 2.75) is 0 Å². The van der Waals surface area contributed by atoms with Crippen LogP contribution < -0.4 is 0 Å². The van der Waals surface area contributed by atoms with Gasteiger partial charge in [0.15, 0.2) is 11.2 Å². The normalized spacial score (nSPS) is 12.6. The van der Waals surface area contributed by atoms with Gasteiger partial charge in [0.25, 0.3) is 0 Å². The molecule has 0 aliphatic heterocycles. The number of fused-ring (bicyclic) bond motifs is 5. The van der Waals surface area contributed by atoms with Crippen LogP contribution >= 0.6 is 0 Å². The summed E-state index contributed by atoms with van der Waals surface area (Å²) in [5, 5.41) is 4.41. The Labute approximate surface area is 146 Å². The summed E-state index contributed by atoms with van der Waals surface area (Å²) in [5.41, 5.74) is 6.65. The molecule has 0 amide bonds. The Morgan fingerprint density at radius 1 is 0.808 bits per heavy atom. The first-order valence-corrected chi connectivity index (χ1v) is 8.61. The Kier molecular flexibility index (Phi) is 2.00. The number of para-hydroxylation sites is 1. The molecule has 0 saturated heterocycles. The van der Waals surface area contributed by atoms with E-state index >= 15 is 0 Å². The quantitative estimate of drug-likeness (QED) is 0.271. The zero-order valence-electron chi connectivity index (χ0n) is 13.6. The van der Waals surface area contributed by atoms with Gasteiger partial charge in [0.1, 0.15) is 16.7 Å². The lowest BCUT2D eigenvalue weighted by Crippen LogP contribution is -1.96. The summed E-state index contributed by atoms with van der Waals surface area (Å²) in [4.78, 5) is 9.60. The smallest absolute Gasteiger partial charge is 0.160 e. The van der Waals surface area contributed by atoms with Gasteiger partial charge in [-0.2, -0.15) is 0 Å². The van der Waals surface area contributed by atoms with Crippen LogP contribution in [0.5, 0.6) is 0 Å². The molecule has 0 N–H and O–H groups in total. The van der Waals surface area contributed by atoms with Crippen molar-refractivity contribution in [3.8, 4) is 0 Å². The van der Waals surface area contributed by atoms with Crippen LogP contribution in [0.25, 0.3) is 60.4 Å². The van der Waals surface area contributed by atoms with Gasteiger partial charge in [-0.25, -0.2) is 4.98 Å². The van der Waals surface area contributed by atoms with Crippen molar-refractivity contribution in [2.24, 2.45) is 0 Å². The molecule has 4 heteroatoms. The first kappa shape index (κ1) is 12.7. The van der Waals surface area contributed by atoms with Crippen molar-refractivity contribution < 1.29 is 4.42 Å². The predicted octanol–water partition coefficient (Wildman–Crippen LogP) is 5.53. The van der Waals surface area contributed by atoms with Crippen molar-refractivity contribution in [1.29, 1.82) is 0 Å². The Hall–Kier alpha value is -3.66. The highest BCUT2D eigenvalue weighted by Crippen LogP contribution is 2.40. The average Bonchev–Trinajstić information content (AvgIpc) is 3.09. The van der Waals surface area contributed by atoms with E-state index < -0.39 is 0 Å². The molecule has 3 aromatic carbocycles. The molecule has 0 spiro atoms. The van der Waals surface area contributed by atoms with E-state index in [0.717, 1.165) is 60.4 Å². The van der Waals surface area contributed by atoms with Gasteiger partial charge in [0, 0.05) is 22.4 Å². The van der Waals surface area contributed by atoms with Crippen LogP contribution in [0.4, 0.5) is 0 Å². The molecule has 0 bridgehead atoms. The second-order valence-corrected chi connectivity index (χ2v) is 6.72. The third kappa shape index (κ3) is 1.31. The molecule has 0 fully saturated rings. The van der Waals surface area contributed by atoms with Crippen molar-refractivity contribution >= 4 is 60.4 Å². The lowest BCUT2D eigenvalue weighted by Gasteiger charge is -2.13. The molecular weight excluding hydrogens is 322 g/mol. The monoisotopic (exact) mass is 333 g/mol. The van der Waals surface area contributed by atoms with E-state index in [1.807, 2.05) is 30.5 Å². The van der Waals surface area contributed by atoms with Gasteiger partial charge in [-0.3, -0.25) is 9.38 Å². The van der Waals surface area contributed by atoms with Gasteiger partial charge in [-0.1, -0.05) is 30.3 Å². The van der Waals surface area contributed by atoms with Gasteiger partial charge in [-0.05, 0) is 35.7 Å². The molecule has 4 heterocycles. The summed E-state index contributed by atoms with van der Waals surface area (Å²) < 4.78 is 8.66. The fourth-order valence-electron chi connectivity index (χ4n) is 4.30. The van der Waals surface area contributed by atoms with E-state index in [0.29, 0.717) is 0 Å². The van der Waals surface area contributed by atoms with Crippen molar-refractivity contribution in [3.63, 3.8) is 0 Å². The number of hydrogen-bond acceptors (Lipinski definition) is 3. The summed E-state index contributed by atoms with van der Waals surface area (Å²) in [6.45, 7) is 0. The molecular formula is C22H11N3O. The van der Waals surface area contributed by atoms with Crippen LogP contribution in [0.15, 0.2) is 71.3 Å². The maximum absolute atomic E-state index is 6.42. The summed E-state index contributed by atoms with van der Waals surface area (Å²) in [7, 11) is 0. The van der Waals surface area contributed by atoms with E-state index in [-0.39, 0.29) is 0 Å². The van der Waals surface area contributed by atoms with E-state index in [9.17, 15) is 0 Å². The predicted molar refractivity (Wildman–Crippen MR) is 104 cm³/mol. The van der Waals surface area contributed by atoms with Crippen LogP contribution in [-0.2, 0) is 0 Å². The molecule has 0 radical (unpaired) electrons. The van der Waals surface area contributed by atoms with E-state index in [4.69, 9.17) is 9.40 Å². The largest absolute Gasteiger partial charge is 0.452 e. The van der Waals surface area contributed by atoms with Gasteiger partial charge in [0.05, 0.1) is 11.0 Å². The molecule has 4 aromatic heterocycles. The van der Waals surface area contributed by atoms with Crippen LogP contribution in [0.3, 0.4) is 0 Å². The summed E-state index contributed by atoms with van der Waals surface area (Å²) in [6, 6.07) is 20.7. The first-order chi connectivity index (χ1) is 12.9. The molecule has 0 atom stereocenters. The Balaban J connectivity index is 2.01. The minimum absolute atomic E-state index is 0.850. The number of benzene rings is 3. The fraction of sp³-hybridized carbons (Fsp3) is 0. The molecule has 7 rings (SSSR count). The zero-order valence-corrected chi connectivity index (χ0v) is 13.6. The number of imidazole rings is 1. The molecule has 4 nitrogen and oxygen atoms in total. The van der Waals surface area contributed by atoms with Crippen LogP contribution in [-0.4, -0.2) is 14.4 Å². The number of hydrogen-bond donors (Lipinski definition) is 0. The average molecular weight is 333 g/mol. The van der Waals surface area contributed by atoms with Crippen molar-refractivity contribution in [2.75, 3.05) is 0 Å². The number of aromatic nitrogens is 3. The molecule has 0 saturated carbocycles. The lowest BCUT2D eigenvalue weighted by molar-refractivity contribution is 0.660.